The minimum atomic E-state index is -0.270. The van der Waals surface area contributed by atoms with E-state index in [1.165, 1.54) is 19.3 Å². The summed E-state index contributed by atoms with van der Waals surface area (Å²) in [6.45, 7) is 4.24. The first-order valence-corrected chi connectivity index (χ1v) is 7.54. The third-order valence-corrected chi connectivity index (χ3v) is 3.59. The van der Waals surface area contributed by atoms with Crippen molar-refractivity contribution >= 4 is 11.8 Å². The van der Waals surface area contributed by atoms with Crippen LogP contribution in [0.25, 0.3) is 0 Å². The molecule has 2 rings (SSSR count). The van der Waals surface area contributed by atoms with Crippen LogP contribution in [0, 0.1) is 0 Å². The Hall–Kier alpha value is -1.82. The van der Waals surface area contributed by atoms with Crippen LogP contribution in [-0.4, -0.2) is 41.9 Å². The molecule has 1 aliphatic heterocycles. The van der Waals surface area contributed by atoms with E-state index in [-0.39, 0.29) is 18.7 Å². The predicted molar refractivity (Wildman–Crippen MR) is 82.2 cm³/mol. The molecule has 0 aromatic carbocycles. The fourth-order valence-corrected chi connectivity index (χ4v) is 2.37. The van der Waals surface area contributed by atoms with E-state index in [1.54, 1.807) is 13.1 Å². The second-order valence-corrected chi connectivity index (χ2v) is 5.48. The minimum absolute atomic E-state index is 0.0677. The first kappa shape index (κ1) is 15.6. The van der Waals surface area contributed by atoms with Gasteiger partial charge in [-0.25, -0.2) is 9.78 Å². The number of amides is 2. The zero-order chi connectivity index (χ0) is 15.1. The summed E-state index contributed by atoms with van der Waals surface area (Å²) in [5.74, 6) is 0.984. The standard InChI is InChI=1S/C15H24N4O2/c1-12(11-20)18-15(21)17-10-13-5-6-16-14(9-13)19-7-3-2-4-8-19/h5-6,9,12,20H,2-4,7-8,10-11H2,1H3,(H2,17,18,21)/t12-/m0/s1. The maximum Gasteiger partial charge on any atom is 0.315 e. The topological polar surface area (TPSA) is 77.5 Å². The van der Waals surface area contributed by atoms with Gasteiger partial charge in [0.15, 0.2) is 0 Å². The number of anilines is 1. The van der Waals surface area contributed by atoms with Crippen LogP contribution >= 0.6 is 0 Å². The summed E-state index contributed by atoms with van der Waals surface area (Å²) in [7, 11) is 0. The predicted octanol–water partition coefficient (Wildman–Crippen LogP) is 1.25. The summed E-state index contributed by atoms with van der Waals surface area (Å²) in [6.07, 6.45) is 5.51. The molecule has 1 fully saturated rings. The van der Waals surface area contributed by atoms with Gasteiger partial charge in [-0.1, -0.05) is 0 Å². The van der Waals surface area contributed by atoms with Crippen molar-refractivity contribution in [1.82, 2.24) is 15.6 Å². The van der Waals surface area contributed by atoms with Crippen molar-refractivity contribution < 1.29 is 9.90 Å². The number of nitrogens with zero attached hydrogens (tertiary/aromatic N) is 2. The molecule has 0 unspecified atom stereocenters. The highest BCUT2D eigenvalue weighted by Crippen LogP contribution is 2.18. The Balaban J connectivity index is 1.87. The lowest BCUT2D eigenvalue weighted by Crippen LogP contribution is -2.42. The second kappa shape index (κ2) is 7.83. The van der Waals surface area contributed by atoms with Crippen LogP contribution in [-0.2, 0) is 6.54 Å². The lowest BCUT2D eigenvalue weighted by molar-refractivity contribution is 0.220. The van der Waals surface area contributed by atoms with Crippen molar-refractivity contribution in [3.05, 3.63) is 23.9 Å². The molecular formula is C15H24N4O2. The van der Waals surface area contributed by atoms with Gasteiger partial charge < -0.3 is 20.6 Å². The van der Waals surface area contributed by atoms with Crippen molar-refractivity contribution in [2.24, 2.45) is 0 Å². The largest absolute Gasteiger partial charge is 0.394 e. The number of aromatic nitrogens is 1. The SMILES string of the molecule is C[C@@H](CO)NC(=O)NCc1ccnc(N2CCCCC2)c1. The fraction of sp³-hybridized carbons (Fsp3) is 0.600. The molecule has 1 atom stereocenters. The van der Waals surface area contributed by atoms with E-state index in [4.69, 9.17) is 5.11 Å². The molecule has 0 bridgehead atoms. The number of aliphatic hydroxyl groups excluding tert-OH is 1. The van der Waals surface area contributed by atoms with Crippen LogP contribution in [0.3, 0.4) is 0 Å². The minimum Gasteiger partial charge on any atom is -0.394 e. The fourth-order valence-electron chi connectivity index (χ4n) is 2.37. The van der Waals surface area contributed by atoms with Crippen molar-refractivity contribution in [3.8, 4) is 0 Å². The Kier molecular flexibility index (Phi) is 5.80. The van der Waals surface area contributed by atoms with Crippen LogP contribution in [0.1, 0.15) is 31.7 Å². The number of urea groups is 1. The normalized spacial score (nSPS) is 16.4. The molecule has 0 spiro atoms. The molecule has 0 radical (unpaired) electrons. The highest BCUT2D eigenvalue weighted by Gasteiger charge is 2.12. The van der Waals surface area contributed by atoms with E-state index >= 15 is 0 Å². The maximum absolute atomic E-state index is 11.6. The van der Waals surface area contributed by atoms with Crippen LogP contribution in [0.2, 0.25) is 0 Å². The second-order valence-electron chi connectivity index (χ2n) is 5.48. The van der Waals surface area contributed by atoms with E-state index in [0.29, 0.717) is 6.54 Å². The summed E-state index contributed by atoms with van der Waals surface area (Å²) in [6, 6.07) is 3.42. The summed E-state index contributed by atoms with van der Waals surface area (Å²) >= 11 is 0. The van der Waals surface area contributed by atoms with Gasteiger partial charge in [0, 0.05) is 25.8 Å². The van der Waals surface area contributed by atoms with Gasteiger partial charge in [-0.3, -0.25) is 0 Å². The van der Waals surface area contributed by atoms with Crippen LogP contribution in [0.5, 0.6) is 0 Å². The van der Waals surface area contributed by atoms with Gasteiger partial charge in [-0.2, -0.15) is 0 Å². The number of nitrogens with one attached hydrogen (secondary N) is 2. The van der Waals surface area contributed by atoms with Crippen molar-refractivity contribution in [2.45, 2.75) is 38.8 Å². The first-order chi connectivity index (χ1) is 10.2. The Morgan fingerprint density at radius 2 is 2.19 bits per heavy atom. The molecule has 1 aromatic heterocycles. The molecule has 3 N–H and O–H groups in total. The molecule has 0 saturated carbocycles. The summed E-state index contributed by atoms with van der Waals surface area (Å²) in [4.78, 5) is 18.3. The van der Waals surface area contributed by atoms with Gasteiger partial charge in [0.1, 0.15) is 5.82 Å². The zero-order valence-electron chi connectivity index (χ0n) is 12.5. The molecular weight excluding hydrogens is 268 g/mol. The number of piperidine rings is 1. The van der Waals surface area contributed by atoms with E-state index in [2.05, 4.69) is 20.5 Å². The van der Waals surface area contributed by atoms with E-state index in [1.807, 2.05) is 12.1 Å². The quantitative estimate of drug-likeness (QED) is 0.763. The third-order valence-electron chi connectivity index (χ3n) is 3.59. The Morgan fingerprint density at radius 3 is 2.90 bits per heavy atom. The summed E-state index contributed by atoms with van der Waals surface area (Å²) in [5.41, 5.74) is 1.03. The first-order valence-electron chi connectivity index (χ1n) is 7.54. The Bertz CT molecular complexity index is 461. The van der Waals surface area contributed by atoms with Gasteiger partial charge in [0.2, 0.25) is 0 Å². The molecule has 6 nitrogen and oxygen atoms in total. The Labute approximate surface area is 125 Å². The number of hydrogen-bond donors (Lipinski definition) is 3. The molecule has 1 aliphatic rings. The Morgan fingerprint density at radius 1 is 1.43 bits per heavy atom. The molecule has 1 aromatic rings. The monoisotopic (exact) mass is 292 g/mol. The van der Waals surface area contributed by atoms with Crippen molar-refractivity contribution in [3.63, 3.8) is 0 Å². The number of pyridine rings is 1. The van der Waals surface area contributed by atoms with Gasteiger partial charge >= 0.3 is 6.03 Å². The third kappa shape index (κ3) is 4.90. The molecule has 0 aliphatic carbocycles. The van der Waals surface area contributed by atoms with Crippen molar-refractivity contribution in [1.29, 1.82) is 0 Å². The van der Waals surface area contributed by atoms with E-state index in [0.717, 1.165) is 24.5 Å². The molecule has 2 amide bonds. The molecule has 21 heavy (non-hydrogen) atoms. The molecule has 6 heteroatoms. The summed E-state index contributed by atoms with van der Waals surface area (Å²) < 4.78 is 0. The van der Waals surface area contributed by atoms with Gasteiger partial charge in [-0.15, -0.1) is 0 Å². The van der Waals surface area contributed by atoms with Gasteiger partial charge in [0.25, 0.3) is 0 Å². The number of aliphatic hydroxyl groups is 1. The highest BCUT2D eigenvalue weighted by molar-refractivity contribution is 5.74. The molecule has 116 valence electrons. The average molecular weight is 292 g/mol. The number of rotatable bonds is 5. The zero-order valence-corrected chi connectivity index (χ0v) is 12.5. The highest BCUT2D eigenvalue weighted by atomic mass is 16.3. The summed E-state index contributed by atoms with van der Waals surface area (Å²) in [5, 5.41) is 14.3. The van der Waals surface area contributed by atoms with Crippen molar-refractivity contribution in [2.75, 3.05) is 24.6 Å². The van der Waals surface area contributed by atoms with Gasteiger partial charge in [0.05, 0.1) is 12.6 Å². The smallest absolute Gasteiger partial charge is 0.315 e. The van der Waals surface area contributed by atoms with E-state index < -0.39 is 0 Å². The maximum atomic E-state index is 11.6. The lowest BCUT2D eigenvalue weighted by atomic mass is 10.1. The number of carbonyl (C=O) groups excluding carboxylic acids is 1. The lowest BCUT2D eigenvalue weighted by Gasteiger charge is -2.27. The van der Waals surface area contributed by atoms with Crippen LogP contribution in [0.15, 0.2) is 18.3 Å². The van der Waals surface area contributed by atoms with E-state index in [9.17, 15) is 4.79 Å². The van der Waals surface area contributed by atoms with Crippen LogP contribution in [0.4, 0.5) is 10.6 Å². The van der Waals surface area contributed by atoms with Gasteiger partial charge in [-0.05, 0) is 43.9 Å². The van der Waals surface area contributed by atoms with Crippen LogP contribution < -0.4 is 15.5 Å². The average Bonchev–Trinajstić information content (AvgIpc) is 2.54. The number of hydrogen-bond acceptors (Lipinski definition) is 4. The number of carbonyl (C=O) groups is 1. The molecule has 2 heterocycles. The molecule has 1 saturated heterocycles.